The molecule has 0 saturated heterocycles. The minimum atomic E-state index is 0. The summed E-state index contributed by atoms with van der Waals surface area (Å²) in [5.74, 6) is 0.930. The fourth-order valence-corrected chi connectivity index (χ4v) is 1.26. The molecule has 1 rings (SSSR count). The van der Waals surface area contributed by atoms with Gasteiger partial charge in [0.1, 0.15) is 5.75 Å². The van der Waals surface area contributed by atoms with Gasteiger partial charge in [-0.3, -0.25) is 0 Å². The second-order valence-electron chi connectivity index (χ2n) is 4.61. The number of halogens is 1. The van der Waals surface area contributed by atoms with Crippen LogP contribution in [0.15, 0.2) is 24.3 Å². The average Bonchev–Trinajstić information content (AvgIpc) is 2.14. The minimum absolute atomic E-state index is 0. The Hall–Kier alpha value is -0.290. The first kappa shape index (κ1) is 14.7. The van der Waals surface area contributed by atoms with E-state index in [2.05, 4.69) is 33.3 Å². The summed E-state index contributed by atoms with van der Waals surface area (Å²) < 4.78 is 6.12. The van der Waals surface area contributed by atoms with Crippen LogP contribution in [-0.2, 0) is 6.42 Å². The highest BCUT2D eigenvalue weighted by Gasteiger charge is 2.06. The second kappa shape index (κ2) is 6.33. The molecular weight excluding hydrogens is 301 g/mol. The Morgan fingerprint density at radius 2 is 1.60 bits per heavy atom. The Balaban J connectivity index is 0.00000196. The van der Waals surface area contributed by atoms with Crippen molar-refractivity contribution >= 4 is 0 Å². The summed E-state index contributed by atoms with van der Waals surface area (Å²) >= 11 is 0. The largest absolute Gasteiger partial charge is 1.00 e. The van der Waals surface area contributed by atoms with E-state index in [1.54, 1.807) is 7.11 Å². The summed E-state index contributed by atoms with van der Waals surface area (Å²) in [4.78, 5) is 0. The number of hydrogen-bond acceptors (Lipinski definition) is 1. The molecule has 0 unspecified atom stereocenters. The lowest BCUT2D eigenvalue weighted by atomic mass is 10.1. The molecule has 3 heteroatoms. The van der Waals surface area contributed by atoms with E-state index < -0.39 is 0 Å². The van der Waals surface area contributed by atoms with Gasteiger partial charge in [-0.1, -0.05) is 12.1 Å². The summed E-state index contributed by atoms with van der Waals surface area (Å²) in [6.07, 6.45) is 1.12. The summed E-state index contributed by atoms with van der Waals surface area (Å²) in [7, 11) is 8.33. The van der Waals surface area contributed by atoms with Crippen LogP contribution < -0.4 is 28.7 Å². The first-order valence-electron chi connectivity index (χ1n) is 4.95. The summed E-state index contributed by atoms with van der Waals surface area (Å²) in [5, 5.41) is 0. The highest BCUT2D eigenvalue weighted by atomic mass is 127. The van der Waals surface area contributed by atoms with Gasteiger partial charge in [0.2, 0.25) is 0 Å². The number of benzene rings is 1. The third-order valence-corrected chi connectivity index (χ3v) is 2.23. The quantitative estimate of drug-likeness (QED) is 0.508. The first-order chi connectivity index (χ1) is 6.51. The highest BCUT2D eigenvalue weighted by molar-refractivity contribution is 5.27. The van der Waals surface area contributed by atoms with Gasteiger partial charge in [0.05, 0.1) is 34.8 Å². The zero-order valence-electron chi connectivity index (χ0n) is 9.96. The molecule has 86 valence electrons. The maximum atomic E-state index is 5.11. The van der Waals surface area contributed by atoms with Crippen molar-refractivity contribution in [1.29, 1.82) is 0 Å². The maximum Gasteiger partial charge on any atom is 0.118 e. The Morgan fingerprint density at radius 3 is 2.00 bits per heavy atom. The molecule has 0 atom stereocenters. The van der Waals surface area contributed by atoms with Crippen molar-refractivity contribution in [3.05, 3.63) is 29.8 Å². The van der Waals surface area contributed by atoms with Gasteiger partial charge in [-0.15, -0.1) is 0 Å². The van der Waals surface area contributed by atoms with Crippen molar-refractivity contribution in [3.8, 4) is 5.75 Å². The SMILES string of the molecule is COc1ccc(CC[N+](C)(C)C)cc1.[I-]. The van der Waals surface area contributed by atoms with Crippen molar-refractivity contribution in [2.45, 2.75) is 6.42 Å². The molecule has 15 heavy (non-hydrogen) atoms. The summed E-state index contributed by atoms with van der Waals surface area (Å²) in [5.41, 5.74) is 1.37. The fraction of sp³-hybridized carbons (Fsp3) is 0.500. The summed E-state index contributed by atoms with van der Waals surface area (Å²) in [6, 6.07) is 8.30. The summed E-state index contributed by atoms with van der Waals surface area (Å²) in [6.45, 7) is 1.16. The first-order valence-corrected chi connectivity index (χ1v) is 4.95. The molecule has 0 bridgehead atoms. The van der Waals surface area contributed by atoms with Crippen LogP contribution in [0.5, 0.6) is 5.75 Å². The third-order valence-electron chi connectivity index (χ3n) is 2.23. The number of hydrogen-bond donors (Lipinski definition) is 0. The van der Waals surface area contributed by atoms with Gasteiger partial charge >= 0.3 is 0 Å². The van der Waals surface area contributed by atoms with Crippen molar-refractivity contribution in [3.63, 3.8) is 0 Å². The molecule has 0 N–H and O–H groups in total. The van der Waals surface area contributed by atoms with E-state index in [-0.39, 0.29) is 24.0 Å². The number of methoxy groups -OCH3 is 1. The fourth-order valence-electron chi connectivity index (χ4n) is 1.26. The lowest BCUT2D eigenvalue weighted by molar-refractivity contribution is -0.870. The van der Waals surface area contributed by atoms with Crippen molar-refractivity contribution < 1.29 is 33.2 Å². The van der Waals surface area contributed by atoms with Crippen LogP contribution in [0.4, 0.5) is 0 Å². The van der Waals surface area contributed by atoms with E-state index in [0.717, 1.165) is 23.2 Å². The molecule has 0 radical (unpaired) electrons. The number of quaternary nitrogens is 1. The molecule has 0 aromatic heterocycles. The predicted molar refractivity (Wildman–Crippen MR) is 59.6 cm³/mol. The average molecular weight is 321 g/mol. The van der Waals surface area contributed by atoms with Gasteiger partial charge in [-0.25, -0.2) is 0 Å². The molecule has 0 amide bonds. The van der Waals surface area contributed by atoms with Crippen LogP contribution in [0.2, 0.25) is 0 Å². The molecule has 0 spiro atoms. The highest BCUT2D eigenvalue weighted by Crippen LogP contribution is 2.12. The molecule has 0 aliphatic heterocycles. The van der Waals surface area contributed by atoms with Crippen LogP contribution in [0.1, 0.15) is 5.56 Å². The molecule has 0 fully saturated rings. The molecule has 1 aromatic carbocycles. The van der Waals surface area contributed by atoms with E-state index in [1.165, 1.54) is 5.56 Å². The van der Waals surface area contributed by atoms with Gasteiger partial charge in [0.25, 0.3) is 0 Å². The molecule has 0 aliphatic rings. The molecule has 1 aromatic rings. The second-order valence-corrected chi connectivity index (χ2v) is 4.61. The predicted octanol–water partition coefficient (Wildman–Crippen LogP) is -1.05. The van der Waals surface area contributed by atoms with Crippen LogP contribution in [0, 0.1) is 0 Å². The van der Waals surface area contributed by atoms with E-state index in [9.17, 15) is 0 Å². The Bertz CT molecular complexity index is 277. The lowest BCUT2D eigenvalue weighted by Gasteiger charge is -2.23. The van der Waals surface area contributed by atoms with Crippen molar-refractivity contribution in [2.24, 2.45) is 0 Å². The van der Waals surface area contributed by atoms with Crippen LogP contribution in [0.25, 0.3) is 0 Å². The molecule has 2 nitrogen and oxygen atoms in total. The van der Waals surface area contributed by atoms with Gasteiger partial charge in [-0.2, -0.15) is 0 Å². The molecule has 0 saturated carbocycles. The van der Waals surface area contributed by atoms with E-state index in [0.29, 0.717) is 0 Å². The Kier molecular flexibility index (Phi) is 6.20. The minimum Gasteiger partial charge on any atom is -1.00 e. The van der Waals surface area contributed by atoms with E-state index in [4.69, 9.17) is 4.74 Å². The van der Waals surface area contributed by atoms with Gasteiger partial charge in [0, 0.05) is 6.42 Å². The van der Waals surface area contributed by atoms with E-state index in [1.807, 2.05) is 12.1 Å². The topological polar surface area (TPSA) is 9.23 Å². The zero-order chi connectivity index (χ0) is 10.6. The molecule has 0 heterocycles. The Labute approximate surface area is 110 Å². The standard InChI is InChI=1S/C12H20NO.HI/c1-13(2,3)10-9-11-5-7-12(14-4)8-6-11;/h5-8H,9-10H2,1-4H3;1H/q+1;/p-1. The zero-order valence-corrected chi connectivity index (χ0v) is 12.1. The normalized spacial score (nSPS) is 10.7. The van der Waals surface area contributed by atoms with Crippen LogP contribution >= 0.6 is 0 Å². The monoisotopic (exact) mass is 321 g/mol. The molecule has 0 aliphatic carbocycles. The smallest absolute Gasteiger partial charge is 0.118 e. The number of ether oxygens (including phenoxy) is 1. The lowest BCUT2D eigenvalue weighted by Crippen LogP contribution is -3.00. The van der Waals surface area contributed by atoms with E-state index >= 15 is 0 Å². The Morgan fingerprint density at radius 1 is 1.07 bits per heavy atom. The van der Waals surface area contributed by atoms with Crippen LogP contribution in [-0.4, -0.2) is 39.3 Å². The maximum absolute atomic E-state index is 5.11. The number of nitrogens with zero attached hydrogens (tertiary/aromatic N) is 1. The van der Waals surface area contributed by atoms with Crippen molar-refractivity contribution in [1.82, 2.24) is 0 Å². The van der Waals surface area contributed by atoms with Crippen LogP contribution in [0.3, 0.4) is 0 Å². The van der Waals surface area contributed by atoms with Crippen molar-refractivity contribution in [2.75, 3.05) is 34.8 Å². The van der Waals surface area contributed by atoms with Gasteiger partial charge in [0.15, 0.2) is 0 Å². The number of rotatable bonds is 4. The third kappa shape index (κ3) is 5.99. The number of likely N-dealkylation sites (N-methyl/N-ethyl adjacent to an activating group) is 1. The van der Waals surface area contributed by atoms with Gasteiger partial charge < -0.3 is 33.2 Å². The molecular formula is C12H20INO. The van der Waals surface area contributed by atoms with Gasteiger partial charge in [-0.05, 0) is 17.7 Å².